The van der Waals surface area contributed by atoms with E-state index in [1.165, 1.54) is 12.1 Å². The van der Waals surface area contributed by atoms with Crippen molar-refractivity contribution < 1.29 is 14.1 Å². The number of non-ortho nitro benzene ring substituents is 1. The first-order chi connectivity index (χ1) is 11.6. The van der Waals surface area contributed by atoms with Gasteiger partial charge in [0.05, 0.1) is 10.6 Å². The number of hydrogen-bond donors (Lipinski definition) is 0. The Kier molecular flexibility index (Phi) is 3.13. The molecule has 1 aromatic heterocycles. The van der Waals surface area contributed by atoms with Crippen molar-refractivity contribution in [1.82, 2.24) is 0 Å². The molecule has 1 aliphatic heterocycles. The minimum absolute atomic E-state index is 0.0187. The van der Waals surface area contributed by atoms with Crippen LogP contribution in [0.25, 0.3) is 11.0 Å². The fourth-order valence-electron chi connectivity index (χ4n) is 3.19. The fraction of sp³-hybridized carbons (Fsp3) is 0.167. The van der Waals surface area contributed by atoms with Crippen molar-refractivity contribution in [3.63, 3.8) is 0 Å². The van der Waals surface area contributed by atoms with Crippen molar-refractivity contribution in [2.75, 3.05) is 11.4 Å². The lowest BCUT2D eigenvalue weighted by Crippen LogP contribution is -2.29. The largest absolute Gasteiger partial charge is 0.451 e. The molecule has 0 spiro atoms. The van der Waals surface area contributed by atoms with Crippen LogP contribution in [-0.4, -0.2) is 17.4 Å². The molecule has 2 heterocycles. The molecule has 1 aliphatic rings. The molecule has 0 saturated heterocycles. The maximum atomic E-state index is 12.9. The van der Waals surface area contributed by atoms with Crippen LogP contribution in [-0.2, 0) is 6.42 Å². The summed E-state index contributed by atoms with van der Waals surface area (Å²) in [5.41, 5.74) is 2.96. The molecule has 24 heavy (non-hydrogen) atoms. The highest BCUT2D eigenvalue weighted by molar-refractivity contribution is 6.09. The monoisotopic (exact) mass is 322 g/mol. The third-order valence-electron chi connectivity index (χ3n) is 4.46. The Morgan fingerprint density at radius 3 is 2.79 bits per heavy atom. The van der Waals surface area contributed by atoms with E-state index in [2.05, 4.69) is 0 Å². The number of rotatable bonds is 2. The molecule has 0 unspecified atom stereocenters. The summed E-state index contributed by atoms with van der Waals surface area (Å²) < 4.78 is 5.74. The zero-order chi connectivity index (χ0) is 16.8. The molecule has 0 saturated carbocycles. The molecule has 0 radical (unpaired) electrons. The van der Waals surface area contributed by atoms with Gasteiger partial charge in [-0.2, -0.15) is 0 Å². The molecule has 4 rings (SSSR count). The minimum atomic E-state index is -0.451. The number of anilines is 1. The highest BCUT2D eigenvalue weighted by Gasteiger charge is 2.30. The van der Waals surface area contributed by atoms with Gasteiger partial charge in [-0.05, 0) is 25.0 Å². The summed E-state index contributed by atoms with van der Waals surface area (Å²) in [6, 6.07) is 12.1. The zero-order valence-electron chi connectivity index (χ0n) is 13.0. The van der Waals surface area contributed by atoms with Crippen LogP contribution < -0.4 is 4.90 Å². The van der Waals surface area contributed by atoms with Gasteiger partial charge in [0.25, 0.3) is 11.6 Å². The normalized spacial score (nSPS) is 13.3. The van der Waals surface area contributed by atoms with Crippen LogP contribution in [0, 0.1) is 17.0 Å². The summed E-state index contributed by atoms with van der Waals surface area (Å²) in [7, 11) is 0. The van der Waals surface area contributed by atoms with Crippen LogP contribution >= 0.6 is 0 Å². The Bertz CT molecular complexity index is 990. The molecule has 1 amide bonds. The summed E-state index contributed by atoms with van der Waals surface area (Å²) >= 11 is 0. The van der Waals surface area contributed by atoms with E-state index in [-0.39, 0.29) is 17.4 Å². The Morgan fingerprint density at radius 2 is 2.04 bits per heavy atom. The number of fused-ring (bicyclic) bond motifs is 2. The van der Waals surface area contributed by atoms with E-state index < -0.39 is 4.92 Å². The maximum Gasteiger partial charge on any atom is 0.294 e. The van der Waals surface area contributed by atoms with Crippen LogP contribution in [0.1, 0.15) is 21.7 Å². The lowest BCUT2D eigenvalue weighted by atomic mass is 10.1. The van der Waals surface area contributed by atoms with Crippen molar-refractivity contribution in [2.45, 2.75) is 13.3 Å². The van der Waals surface area contributed by atoms with E-state index in [9.17, 15) is 14.9 Å². The number of hydrogen-bond acceptors (Lipinski definition) is 4. The first-order valence-corrected chi connectivity index (χ1v) is 7.63. The molecule has 2 aromatic carbocycles. The number of amides is 1. The van der Waals surface area contributed by atoms with Crippen molar-refractivity contribution >= 4 is 28.3 Å². The number of carbonyl (C=O) groups is 1. The van der Waals surface area contributed by atoms with Crippen molar-refractivity contribution in [3.05, 3.63) is 69.5 Å². The van der Waals surface area contributed by atoms with Gasteiger partial charge in [0.2, 0.25) is 0 Å². The number of aryl methyl sites for hydroxylation is 1. The smallest absolute Gasteiger partial charge is 0.294 e. The van der Waals surface area contributed by atoms with Gasteiger partial charge in [0.1, 0.15) is 5.58 Å². The third kappa shape index (κ3) is 2.07. The summed E-state index contributed by atoms with van der Waals surface area (Å²) in [5, 5.41) is 11.9. The van der Waals surface area contributed by atoms with Crippen LogP contribution in [0.3, 0.4) is 0 Å². The molecule has 0 fully saturated rings. The second kappa shape index (κ2) is 5.19. The van der Waals surface area contributed by atoms with Gasteiger partial charge in [-0.3, -0.25) is 14.9 Å². The highest BCUT2D eigenvalue weighted by atomic mass is 16.6. The van der Waals surface area contributed by atoms with E-state index in [1.54, 1.807) is 11.0 Å². The lowest BCUT2D eigenvalue weighted by Gasteiger charge is -2.16. The van der Waals surface area contributed by atoms with E-state index in [0.29, 0.717) is 24.2 Å². The average molecular weight is 322 g/mol. The standard InChI is InChI=1S/C18H14N2O4/c1-11-14-4-2-3-5-16(14)24-17(11)18(21)19-9-8-12-6-7-13(20(22)23)10-15(12)19/h2-7,10H,8-9H2,1H3. The van der Waals surface area contributed by atoms with Gasteiger partial charge >= 0.3 is 0 Å². The van der Waals surface area contributed by atoms with Gasteiger partial charge < -0.3 is 9.32 Å². The van der Waals surface area contributed by atoms with E-state index in [1.807, 2.05) is 31.2 Å². The molecule has 0 atom stereocenters. The summed E-state index contributed by atoms with van der Waals surface area (Å²) in [5.74, 6) is 0.0264. The first-order valence-electron chi connectivity index (χ1n) is 7.63. The number of nitro groups is 1. The highest BCUT2D eigenvalue weighted by Crippen LogP contribution is 2.34. The van der Waals surface area contributed by atoms with Gasteiger partial charge in [0.15, 0.2) is 5.76 Å². The number of nitro benzene ring substituents is 1. The van der Waals surface area contributed by atoms with Crippen LogP contribution in [0.4, 0.5) is 11.4 Å². The summed E-state index contributed by atoms with van der Waals surface area (Å²) in [6.07, 6.45) is 0.679. The van der Waals surface area contributed by atoms with E-state index in [0.717, 1.165) is 16.5 Å². The minimum Gasteiger partial charge on any atom is -0.451 e. The van der Waals surface area contributed by atoms with Gasteiger partial charge in [-0.15, -0.1) is 0 Å². The van der Waals surface area contributed by atoms with Crippen molar-refractivity contribution in [3.8, 4) is 0 Å². The number of nitrogens with zero attached hydrogens (tertiary/aromatic N) is 2. The van der Waals surface area contributed by atoms with E-state index in [4.69, 9.17) is 4.42 Å². The average Bonchev–Trinajstić information content (AvgIpc) is 3.15. The van der Waals surface area contributed by atoms with Crippen LogP contribution in [0.2, 0.25) is 0 Å². The number of furan rings is 1. The molecule has 3 aromatic rings. The topological polar surface area (TPSA) is 76.6 Å². The maximum absolute atomic E-state index is 12.9. The fourth-order valence-corrected chi connectivity index (χ4v) is 3.19. The molecule has 6 heteroatoms. The number of benzene rings is 2. The van der Waals surface area contributed by atoms with Crippen molar-refractivity contribution in [1.29, 1.82) is 0 Å². The van der Waals surface area contributed by atoms with Gasteiger partial charge in [-0.25, -0.2) is 0 Å². The molecule has 120 valence electrons. The lowest BCUT2D eigenvalue weighted by molar-refractivity contribution is -0.384. The molecule has 0 aliphatic carbocycles. The van der Waals surface area contributed by atoms with Gasteiger partial charge in [0, 0.05) is 29.6 Å². The molecular weight excluding hydrogens is 308 g/mol. The Balaban J connectivity index is 1.78. The molecule has 6 nitrogen and oxygen atoms in total. The Hall–Kier alpha value is -3.15. The predicted octanol–water partition coefficient (Wildman–Crippen LogP) is 3.85. The first kappa shape index (κ1) is 14.4. The van der Waals surface area contributed by atoms with Crippen molar-refractivity contribution in [2.24, 2.45) is 0 Å². The van der Waals surface area contributed by atoms with Gasteiger partial charge in [-0.1, -0.05) is 24.3 Å². The Labute approximate surface area is 137 Å². The second-order valence-corrected chi connectivity index (χ2v) is 5.83. The Morgan fingerprint density at radius 1 is 1.25 bits per heavy atom. The second-order valence-electron chi connectivity index (χ2n) is 5.83. The number of carbonyl (C=O) groups excluding carboxylic acids is 1. The SMILES string of the molecule is Cc1c(C(=O)N2CCc3ccc([N+](=O)[O-])cc32)oc2ccccc12. The predicted molar refractivity (Wildman–Crippen MR) is 89.4 cm³/mol. The molecule has 0 N–H and O–H groups in total. The summed E-state index contributed by atoms with van der Waals surface area (Å²) in [6.45, 7) is 2.34. The molecule has 0 bridgehead atoms. The van der Waals surface area contributed by atoms with Crippen LogP contribution in [0.5, 0.6) is 0 Å². The zero-order valence-corrected chi connectivity index (χ0v) is 13.0. The third-order valence-corrected chi connectivity index (χ3v) is 4.46. The molecular formula is C18H14N2O4. The van der Waals surface area contributed by atoms with Crippen LogP contribution in [0.15, 0.2) is 46.9 Å². The van der Waals surface area contributed by atoms with E-state index >= 15 is 0 Å². The quantitative estimate of drug-likeness (QED) is 0.530. The summed E-state index contributed by atoms with van der Waals surface area (Å²) in [4.78, 5) is 25.1. The number of para-hydroxylation sites is 1.